The summed E-state index contributed by atoms with van der Waals surface area (Å²) < 4.78 is 27.3. The van der Waals surface area contributed by atoms with Gasteiger partial charge in [-0.1, -0.05) is 11.6 Å². The smallest absolute Gasteiger partial charge is 0.266 e. The Morgan fingerprint density at radius 1 is 0.952 bits per heavy atom. The predicted molar refractivity (Wildman–Crippen MR) is 81.7 cm³/mol. The standard InChI is InChI=1S/C14H5ClF2INO2/c15-9-3-6(18)1-2-12(9)19-13(20)7-4-10(16)11(17)5-8(7)14(19)21/h1-5H. The molecule has 1 aliphatic heterocycles. The number of anilines is 1. The van der Waals surface area contributed by atoms with Gasteiger partial charge in [-0.25, -0.2) is 13.7 Å². The fourth-order valence-electron chi connectivity index (χ4n) is 2.12. The van der Waals surface area contributed by atoms with Crippen molar-refractivity contribution in [2.75, 3.05) is 4.90 Å². The van der Waals surface area contributed by atoms with E-state index in [4.69, 9.17) is 11.6 Å². The SMILES string of the molecule is O=C1c2cc(F)c(F)cc2C(=O)N1c1ccc(I)cc1Cl. The summed E-state index contributed by atoms with van der Waals surface area (Å²) in [4.78, 5) is 25.3. The number of rotatable bonds is 1. The first-order valence-corrected chi connectivity index (χ1v) is 7.18. The Morgan fingerprint density at radius 3 is 1.95 bits per heavy atom. The van der Waals surface area contributed by atoms with Crippen LogP contribution < -0.4 is 4.90 Å². The number of halogens is 4. The molecule has 0 radical (unpaired) electrons. The van der Waals surface area contributed by atoms with E-state index in [1.54, 1.807) is 12.1 Å². The summed E-state index contributed by atoms with van der Waals surface area (Å²) in [7, 11) is 0. The van der Waals surface area contributed by atoms with Crippen molar-refractivity contribution in [3.05, 3.63) is 61.7 Å². The Bertz CT molecular complexity index is 769. The number of carbonyl (C=O) groups is 2. The van der Waals surface area contributed by atoms with Crippen LogP contribution in [0.2, 0.25) is 5.02 Å². The Labute approximate surface area is 136 Å². The maximum Gasteiger partial charge on any atom is 0.266 e. The lowest BCUT2D eigenvalue weighted by Crippen LogP contribution is -2.29. The van der Waals surface area contributed by atoms with Gasteiger partial charge in [-0.05, 0) is 52.9 Å². The van der Waals surface area contributed by atoms with Crippen LogP contribution >= 0.6 is 34.2 Å². The molecular weight excluding hydrogens is 415 g/mol. The Hall–Kier alpha value is -1.54. The minimum absolute atomic E-state index is 0.173. The van der Waals surface area contributed by atoms with E-state index in [1.807, 2.05) is 22.6 Å². The van der Waals surface area contributed by atoms with Crippen LogP contribution in [0, 0.1) is 15.2 Å². The molecule has 0 fully saturated rings. The molecule has 1 aliphatic rings. The molecule has 7 heteroatoms. The maximum atomic E-state index is 13.3. The highest BCUT2D eigenvalue weighted by atomic mass is 127. The third-order valence-corrected chi connectivity index (χ3v) is 4.05. The number of hydrogen-bond donors (Lipinski definition) is 0. The van der Waals surface area contributed by atoms with E-state index in [2.05, 4.69) is 0 Å². The molecule has 0 spiro atoms. The van der Waals surface area contributed by atoms with Gasteiger partial charge in [-0.2, -0.15) is 0 Å². The van der Waals surface area contributed by atoms with E-state index >= 15 is 0 Å². The van der Waals surface area contributed by atoms with Crippen LogP contribution in [0.3, 0.4) is 0 Å². The lowest BCUT2D eigenvalue weighted by molar-refractivity contribution is 0.0926. The van der Waals surface area contributed by atoms with E-state index in [0.29, 0.717) is 0 Å². The van der Waals surface area contributed by atoms with Crippen LogP contribution in [-0.4, -0.2) is 11.8 Å². The number of imide groups is 1. The second-order valence-corrected chi connectivity index (χ2v) is 6.01. The molecule has 3 nitrogen and oxygen atoms in total. The van der Waals surface area contributed by atoms with Crippen molar-refractivity contribution < 1.29 is 18.4 Å². The fraction of sp³-hybridized carbons (Fsp3) is 0. The van der Waals surface area contributed by atoms with Gasteiger partial charge in [0, 0.05) is 3.57 Å². The van der Waals surface area contributed by atoms with Crippen molar-refractivity contribution in [2.45, 2.75) is 0 Å². The topological polar surface area (TPSA) is 37.4 Å². The third kappa shape index (κ3) is 2.22. The summed E-state index contributed by atoms with van der Waals surface area (Å²) in [5, 5.41) is 0.206. The van der Waals surface area contributed by atoms with Crippen LogP contribution in [0.4, 0.5) is 14.5 Å². The number of benzene rings is 2. The zero-order valence-electron chi connectivity index (χ0n) is 10.2. The Balaban J connectivity index is 2.16. The number of amides is 2. The number of carbonyl (C=O) groups excluding carboxylic acids is 2. The molecule has 106 valence electrons. The fourth-order valence-corrected chi connectivity index (χ4v) is 3.06. The van der Waals surface area contributed by atoms with Crippen molar-refractivity contribution in [1.82, 2.24) is 0 Å². The van der Waals surface area contributed by atoms with Gasteiger partial charge in [-0.3, -0.25) is 9.59 Å². The van der Waals surface area contributed by atoms with E-state index in [1.165, 1.54) is 6.07 Å². The number of nitrogens with zero attached hydrogens (tertiary/aromatic N) is 1. The summed E-state index contributed by atoms with van der Waals surface area (Å²) >= 11 is 8.08. The first-order valence-electron chi connectivity index (χ1n) is 5.73. The molecule has 0 atom stereocenters. The largest absolute Gasteiger partial charge is 0.268 e. The van der Waals surface area contributed by atoms with Crippen molar-refractivity contribution >= 4 is 51.7 Å². The highest BCUT2D eigenvalue weighted by Gasteiger charge is 2.38. The second kappa shape index (κ2) is 5.03. The molecule has 0 aliphatic carbocycles. The molecule has 2 amide bonds. The van der Waals surface area contributed by atoms with Crippen LogP contribution in [0.25, 0.3) is 0 Å². The molecule has 0 saturated carbocycles. The van der Waals surface area contributed by atoms with E-state index in [0.717, 1.165) is 20.6 Å². The van der Waals surface area contributed by atoms with E-state index in [-0.39, 0.29) is 21.8 Å². The molecule has 0 bridgehead atoms. The molecule has 0 unspecified atom stereocenters. The highest BCUT2D eigenvalue weighted by Crippen LogP contribution is 2.34. The Morgan fingerprint density at radius 2 is 1.48 bits per heavy atom. The summed E-state index contributed by atoms with van der Waals surface area (Å²) in [5.41, 5.74) is -0.161. The lowest BCUT2D eigenvalue weighted by Gasteiger charge is -2.15. The van der Waals surface area contributed by atoms with Crippen molar-refractivity contribution in [3.63, 3.8) is 0 Å². The van der Waals surface area contributed by atoms with Crippen LogP contribution in [0.1, 0.15) is 20.7 Å². The molecule has 0 aromatic heterocycles. The van der Waals surface area contributed by atoms with Crippen molar-refractivity contribution in [2.24, 2.45) is 0 Å². The molecule has 0 saturated heterocycles. The van der Waals surface area contributed by atoms with E-state index < -0.39 is 23.4 Å². The minimum atomic E-state index is -1.18. The quantitative estimate of drug-likeness (QED) is 0.517. The lowest BCUT2D eigenvalue weighted by atomic mass is 10.1. The molecule has 2 aromatic carbocycles. The van der Waals surface area contributed by atoms with Gasteiger partial charge in [-0.15, -0.1) is 0 Å². The first kappa shape index (κ1) is 14.4. The van der Waals surface area contributed by atoms with Crippen molar-refractivity contribution in [1.29, 1.82) is 0 Å². The van der Waals surface area contributed by atoms with Gasteiger partial charge in [0.15, 0.2) is 11.6 Å². The number of fused-ring (bicyclic) bond motifs is 1. The summed E-state index contributed by atoms with van der Waals surface area (Å²) in [6, 6.07) is 6.23. The van der Waals surface area contributed by atoms with Crippen LogP contribution in [0.15, 0.2) is 30.3 Å². The zero-order valence-corrected chi connectivity index (χ0v) is 13.1. The highest BCUT2D eigenvalue weighted by molar-refractivity contribution is 14.1. The monoisotopic (exact) mass is 419 g/mol. The maximum absolute atomic E-state index is 13.3. The molecule has 3 rings (SSSR count). The summed E-state index contributed by atoms with van der Waals surface area (Å²) in [6.07, 6.45) is 0. The van der Waals surface area contributed by atoms with E-state index in [9.17, 15) is 18.4 Å². The van der Waals surface area contributed by atoms with Gasteiger partial charge in [0.1, 0.15) is 0 Å². The minimum Gasteiger partial charge on any atom is -0.268 e. The van der Waals surface area contributed by atoms with Gasteiger partial charge in [0.25, 0.3) is 11.8 Å². The summed E-state index contributed by atoms with van der Waals surface area (Å²) in [6.45, 7) is 0. The van der Waals surface area contributed by atoms with Crippen molar-refractivity contribution in [3.8, 4) is 0 Å². The van der Waals surface area contributed by atoms with Gasteiger partial charge >= 0.3 is 0 Å². The summed E-state index contributed by atoms with van der Waals surface area (Å²) in [5.74, 6) is -3.80. The average Bonchev–Trinajstić information content (AvgIpc) is 2.64. The van der Waals surface area contributed by atoms with Crippen LogP contribution in [0.5, 0.6) is 0 Å². The van der Waals surface area contributed by atoms with Crippen LogP contribution in [-0.2, 0) is 0 Å². The first-order chi connectivity index (χ1) is 9.90. The average molecular weight is 420 g/mol. The molecular formula is C14H5ClF2INO2. The second-order valence-electron chi connectivity index (χ2n) is 4.35. The van der Waals surface area contributed by atoms with Gasteiger partial charge in [0.05, 0.1) is 21.8 Å². The zero-order chi connectivity index (χ0) is 15.3. The molecule has 21 heavy (non-hydrogen) atoms. The van der Waals surface area contributed by atoms with Gasteiger partial charge < -0.3 is 0 Å². The van der Waals surface area contributed by atoms with Gasteiger partial charge in [0.2, 0.25) is 0 Å². The molecule has 2 aromatic rings. The predicted octanol–water partition coefficient (Wildman–Crippen LogP) is 4.02. The third-order valence-electron chi connectivity index (χ3n) is 3.08. The number of hydrogen-bond acceptors (Lipinski definition) is 2. The Kier molecular flexibility index (Phi) is 3.45. The molecule has 0 N–H and O–H groups in total. The molecule has 1 heterocycles. The normalized spacial score (nSPS) is 13.8.